The first kappa shape index (κ1) is 16.7. The van der Waals surface area contributed by atoms with Crippen LogP contribution in [-0.2, 0) is 11.3 Å². The average molecular weight is 332 g/mol. The number of fused-ring (bicyclic) bond motifs is 1. The average Bonchev–Trinajstić information content (AvgIpc) is 2.67. The molecule has 0 aliphatic heterocycles. The van der Waals surface area contributed by atoms with Crippen molar-refractivity contribution in [2.24, 2.45) is 0 Å². The summed E-state index contributed by atoms with van der Waals surface area (Å²) in [5.74, 6) is 0. The van der Waals surface area contributed by atoms with Crippen molar-refractivity contribution >= 4 is 23.1 Å². The first-order valence-electron chi connectivity index (χ1n) is 8.28. The van der Waals surface area contributed by atoms with Crippen LogP contribution >= 0.6 is 0 Å². The third kappa shape index (κ3) is 4.91. The van der Waals surface area contributed by atoms with Gasteiger partial charge in [0.1, 0.15) is 6.61 Å². The maximum absolute atomic E-state index is 11.7. The molecule has 0 saturated carbocycles. The van der Waals surface area contributed by atoms with Crippen molar-refractivity contribution in [2.75, 3.05) is 6.54 Å². The number of nitrogens with one attached hydrogen (secondary N) is 1. The number of carbonyl (C=O) groups is 1. The molecule has 0 saturated heterocycles. The Morgan fingerprint density at radius 2 is 1.88 bits per heavy atom. The number of pyridine rings is 1. The Labute approximate surface area is 147 Å². The molecule has 1 aromatic heterocycles. The molecule has 2 aromatic carbocycles. The van der Waals surface area contributed by atoms with Gasteiger partial charge in [-0.05, 0) is 18.1 Å². The summed E-state index contributed by atoms with van der Waals surface area (Å²) in [6.07, 6.45) is 6.19. The summed E-state index contributed by atoms with van der Waals surface area (Å²) in [5.41, 5.74) is 3.03. The highest BCUT2D eigenvalue weighted by molar-refractivity contribution is 5.86. The molecule has 0 unspecified atom stereocenters. The predicted octanol–water partition coefficient (Wildman–Crippen LogP) is 4.56. The van der Waals surface area contributed by atoms with Gasteiger partial charge in [-0.1, -0.05) is 66.7 Å². The van der Waals surface area contributed by atoms with Gasteiger partial charge in [-0.3, -0.25) is 4.98 Å². The van der Waals surface area contributed by atoms with E-state index >= 15 is 0 Å². The number of hydrogen-bond acceptors (Lipinski definition) is 3. The number of carbonyl (C=O) groups excluding carboxylic acids is 1. The van der Waals surface area contributed by atoms with E-state index in [9.17, 15) is 4.79 Å². The van der Waals surface area contributed by atoms with E-state index in [2.05, 4.69) is 10.3 Å². The lowest BCUT2D eigenvalue weighted by Gasteiger charge is -2.06. The molecule has 0 atom stereocenters. The lowest BCUT2D eigenvalue weighted by molar-refractivity contribution is 0.140. The summed E-state index contributed by atoms with van der Waals surface area (Å²) in [4.78, 5) is 16.1. The van der Waals surface area contributed by atoms with Crippen molar-refractivity contribution in [3.05, 3.63) is 84.1 Å². The Kier molecular flexibility index (Phi) is 5.77. The number of aromatic nitrogens is 1. The van der Waals surface area contributed by atoms with Crippen LogP contribution in [0.1, 0.15) is 17.5 Å². The minimum atomic E-state index is -0.399. The molecule has 0 aliphatic carbocycles. The molecule has 1 amide bonds. The van der Waals surface area contributed by atoms with Crippen LogP contribution in [0.25, 0.3) is 17.0 Å². The number of rotatable bonds is 6. The number of amides is 1. The lowest BCUT2D eigenvalue weighted by Crippen LogP contribution is -2.24. The topological polar surface area (TPSA) is 51.2 Å². The molecule has 4 heteroatoms. The molecule has 4 nitrogen and oxygen atoms in total. The number of alkyl carbamates (subject to hydrolysis) is 1. The van der Waals surface area contributed by atoms with Crippen LogP contribution in [-0.4, -0.2) is 17.6 Å². The van der Waals surface area contributed by atoms with Crippen LogP contribution in [0.2, 0.25) is 0 Å². The molecule has 0 aliphatic rings. The second kappa shape index (κ2) is 8.64. The van der Waals surface area contributed by atoms with E-state index in [0.29, 0.717) is 6.54 Å². The SMILES string of the molecule is O=C(NCCC=Cc1cccc2cccnc12)OCc1ccccc1. The molecular formula is C21H20N2O2. The summed E-state index contributed by atoms with van der Waals surface area (Å²) in [5, 5.41) is 3.87. The standard InChI is InChI=1S/C21H20N2O2/c24-21(25-16-17-8-2-1-3-9-17)23-14-5-4-10-18-11-6-12-19-13-7-15-22-20(18)19/h1-4,6-13,15H,5,14,16H2,(H,23,24). The summed E-state index contributed by atoms with van der Waals surface area (Å²) in [7, 11) is 0. The summed E-state index contributed by atoms with van der Waals surface area (Å²) in [6, 6.07) is 19.7. The third-order valence-corrected chi connectivity index (χ3v) is 3.75. The van der Waals surface area contributed by atoms with Gasteiger partial charge in [0, 0.05) is 23.7 Å². The van der Waals surface area contributed by atoms with Crippen LogP contribution in [0.15, 0.2) is 72.9 Å². The first-order chi connectivity index (χ1) is 12.3. The normalized spacial score (nSPS) is 10.9. The monoisotopic (exact) mass is 332 g/mol. The summed E-state index contributed by atoms with van der Waals surface area (Å²) >= 11 is 0. The van der Waals surface area contributed by atoms with Crippen molar-refractivity contribution in [1.82, 2.24) is 10.3 Å². The zero-order valence-electron chi connectivity index (χ0n) is 13.9. The van der Waals surface area contributed by atoms with Gasteiger partial charge in [-0.2, -0.15) is 0 Å². The molecule has 1 N–H and O–H groups in total. The first-order valence-corrected chi connectivity index (χ1v) is 8.28. The fraction of sp³-hybridized carbons (Fsp3) is 0.143. The second-order valence-corrected chi connectivity index (χ2v) is 5.60. The molecule has 126 valence electrons. The summed E-state index contributed by atoms with van der Waals surface area (Å²) in [6.45, 7) is 0.812. The number of hydrogen-bond donors (Lipinski definition) is 1. The Bertz CT molecular complexity index is 855. The quantitative estimate of drug-likeness (QED) is 0.673. The summed E-state index contributed by atoms with van der Waals surface area (Å²) < 4.78 is 5.17. The highest BCUT2D eigenvalue weighted by Crippen LogP contribution is 2.17. The number of para-hydroxylation sites is 1. The van der Waals surface area contributed by atoms with E-state index in [1.807, 2.05) is 72.8 Å². The third-order valence-electron chi connectivity index (χ3n) is 3.75. The van der Waals surface area contributed by atoms with E-state index in [-0.39, 0.29) is 6.61 Å². The maximum atomic E-state index is 11.7. The van der Waals surface area contributed by atoms with Crippen LogP contribution in [0.3, 0.4) is 0 Å². The van der Waals surface area contributed by atoms with Crippen LogP contribution in [0.4, 0.5) is 4.79 Å². The van der Waals surface area contributed by atoms with Gasteiger partial charge in [0.05, 0.1) is 5.52 Å². The Hall–Kier alpha value is -3.14. The largest absolute Gasteiger partial charge is 0.445 e. The van der Waals surface area contributed by atoms with Gasteiger partial charge < -0.3 is 10.1 Å². The van der Waals surface area contributed by atoms with Crippen molar-refractivity contribution < 1.29 is 9.53 Å². The van der Waals surface area contributed by atoms with Gasteiger partial charge in [-0.25, -0.2) is 4.79 Å². The lowest BCUT2D eigenvalue weighted by atomic mass is 10.1. The number of nitrogens with zero attached hydrogens (tertiary/aromatic N) is 1. The molecule has 0 fully saturated rings. The van der Waals surface area contributed by atoms with E-state index in [4.69, 9.17) is 4.74 Å². The second-order valence-electron chi connectivity index (χ2n) is 5.60. The number of ether oxygens (including phenoxy) is 1. The molecule has 3 aromatic rings. The van der Waals surface area contributed by atoms with E-state index < -0.39 is 6.09 Å². The fourth-order valence-electron chi connectivity index (χ4n) is 2.50. The van der Waals surface area contributed by atoms with E-state index in [1.165, 1.54) is 0 Å². The number of benzene rings is 2. The minimum absolute atomic E-state index is 0.282. The zero-order chi connectivity index (χ0) is 17.3. The van der Waals surface area contributed by atoms with Gasteiger partial charge >= 0.3 is 6.09 Å². The van der Waals surface area contributed by atoms with Crippen LogP contribution in [0.5, 0.6) is 0 Å². The molecule has 0 bridgehead atoms. The van der Waals surface area contributed by atoms with E-state index in [0.717, 1.165) is 28.5 Å². The van der Waals surface area contributed by atoms with Crippen LogP contribution in [0, 0.1) is 0 Å². The Balaban J connectivity index is 1.43. The fourth-order valence-corrected chi connectivity index (χ4v) is 2.50. The van der Waals surface area contributed by atoms with Crippen LogP contribution < -0.4 is 5.32 Å². The van der Waals surface area contributed by atoms with Crippen molar-refractivity contribution in [1.29, 1.82) is 0 Å². The highest BCUT2D eigenvalue weighted by atomic mass is 16.5. The Morgan fingerprint density at radius 1 is 1.04 bits per heavy atom. The predicted molar refractivity (Wildman–Crippen MR) is 100 cm³/mol. The minimum Gasteiger partial charge on any atom is -0.445 e. The molecule has 25 heavy (non-hydrogen) atoms. The van der Waals surface area contributed by atoms with Gasteiger partial charge in [0.25, 0.3) is 0 Å². The van der Waals surface area contributed by atoms with Gasteiger partial charge in [0.2, 0.25) is 0 Å². The maximum Gasteiger partial charge on any atom is 0.407 e. The van der Waals surface area contributed by atoms with Crippen molar-refractivity contribution in [3.8, 4) is 0 Å². The zero-order valence-corrected chi connectivity index (χ0v) is 13.9. The molecule has 0 radical (unpaired) electrons. The molecular weight excluding hydrogens is 312 g/mol. The van der Waals surface area contributed by atoms with E-state index in [1.54, 1.807) is 6.20 Å². The molecule has 1 heterocycles. The van der Waals surface area contributed by atoms with Crippen molar-refractivity contribution in [2.45, 2.75) is 13.0 Å². The molecule has 3 rings (SSSR count). The molecule has 0 spiro atoms. The smallest absolute Gasteiger partial charge is 0.407 e. The Morgan fingerprint density at radius 3 is 2.76 bits per heavy atom. The highest BCUT2D eigenvalue weighted by Gasteiger charge is 2.01. The van der Waals surface area contributed by atoms with Gasteiger partial charge in [0.15, 0.2) is 0 Å². The van der Waals surface area contributed by atoms with Gasteiger partial charge in [-0.15, -0.1) is 0 Å². The van der Waals surface area contributed by atoms with Crippen molar-refractivity contribution in [3.63, 3.8) is 0 Å².